The Labute approximate surface area is 94.1 Å². The Kier molecular flexibility index (Phi) is 2.86. The summed E-state index contributed by atoms with van der Waals surface area (Å²) in [7, 11) is 0. The SMILES string of the molecule is O=C(NCc1cc(=O)[nH][nH]1)c1ccc(=O)[nH]n1. The van der Waals surface area contributed by atoms with Gasteiger partial charge in [0.05, 0.1) is 12.2 Å². The first-order valence-corrected chi connectivity index (χ1v) is 4.75. The van der Waals surface area contributed by atoms with Gasteiger partial charge in [-0.05, 0) is 6.07 Å². The smallest absolute Gasteiger partial charge is 0.272 e. The zero-order valence-corrected chi connectivity index (χ0v) is 8.61. The number of hydrogen-bond acceptors (Lipinski definition) is 4. The fourth-order valence-electron chi connectivity index (χ4n) is 1.20. The summed E-state index contributed by atoms with van der Waals surface area (Å²) < 4.78 is 0. The molecular weight excluding hydrogens is 226 g/mol. The zero-order valence-electron chi connectivity index (χ0n) is 8.61. The van der Waals surface area contributed by atoms with Gasteiger partial charge in [-0.3, -0.25) is 19.5 Å². The quantitative estimate of drug-likeness (QED) is 0.528. The lowest BCUT2D eigenvalue weighted by Gasteiger charge is -2.01. The Hall–Kier alpha value is -2.64. The molecule has 2 aromatic heterocycles. The molecule has 0 atom stereocenters. The molecule has 17 heavy (non-hydrogen) atoms. The number of nitrogens with zero attached hydrogens (tertiary/aromatic N) is 1. The van der Waals surface area contributed by atoms with E-state index in [9.17, 15) is 14.4 Å². The van der Waals surface area contributed by atoms with E-state index >= 15 is 0 Å². The number of carbonyl (C=O) groups excluding carboxylic acids is 1. The lowest BCUT2D eigenvalue weighted by atomic mass is 10.3. The minimum atomic E-state index is -0.441. The molecule has 0 fully saturated rings. The molecule has 8 nitrogen and oxygen atoms in total. The zero-order chi connectivity index (χ0) is 12.3. The molecule has 0 aliphatic heterocycles. The van der Waals surface area contributed by atoms with E-state index in [1.807, 2.05) is 0 Å². The fraction of sp³-hybridized carbons (Fsp3) is 0.111. The molecule has 0 spiro atoms. The van der Waals surface area contributed by atoms with Crippen molar-refractivity contribution in [2.75, 3.05) is 0 Å². The van der Waals surface area contributed by atoms with E-state index < -0.39 is 5.91 Å². The van der Waals surface area contributed by atoms with Crippen LogP contribution >= 0.6 is 0 Å². The lowest BCUT2D eigenvalue weighted by molar-refractivity contribution is 0.0944. The third kappa shape index (κ3) is 2.68. The van der Waals surface area contributed by atoms with Crippen molar-refractivity contribution >= 4 is 5.91 Å². The molecule has 2 heterocycles. The van der Waals surface area contributed by atoms with Crippen LogP contribution in [-0.4, -0.2) is 26.3 Å². The summed E-state index contributed by atoms with van der Waals surface area (Å²) in [6, 6.07) is 3.86. The lowest BCUT2D eigenvalue weighted by Crippen LogP contribution is -2.25. The van der Waals surface area contributed by atoms with Crippen LogP contribution in [0.1, 0.15) is 16.2 Å². The topological polar surface area (TPSA) is 123 Å². The highest BCUT2D eigenvalue weighted by Crippen LogP contribution is 1.91. The second kappa shape index (κ2) is 4.47. The summed E-state index contributed by atoms with van der Waals surface area (Å²) in [6.07, 6.45) is 0. The highest BCUT2D eigenvalue weighted by Gasteiger charge is 2.07. The summed E-state index contributed by atoms with van der Waals surface area (Å²) in [6.45, 7) is 0.165. The van der Waals surface area contributed by atoms with Crippen molar-refractivity contribution in [3.8, 4) is 0 Å². The number of H-pyrrole nitrogens is 3. The van der Waals surface area contributed by atoms with Crippen molar-refractivity contribution in [2.24, 2.45) is 0 Å². The van der Waals surface area contributed by atoms with Gasteiger partial charge in [0.2, 0.25) is 0 Å². The highest BCUT2D eigenvalue weighted by atomic mass is 16.2. The Morgan fingerprint density at radius 3 is 2.65 bits per heavy atom. The van der Waals surface area contributed by atoms with E-state index in [0.717, 1.165) is 0 Å². The van der Waals surface area contributed by atoms with Gasteiger partial charge in [-0.25, -0.2) is 5.10 Å². The second-order valence-corrected chi connectivity index (χ2v) is 3.27. The van der Waals surface area contributed by atoms with E-state index in [0.29, 0.717) is 5.69 Å². The predicted octanol–water partition coefficient (Wildman–Crippen LogP) is -1.28. The normalized spacial score (nSPS) is 10.1. The molecule has 2 rings (SSSR count). The minimum absolute atomic E-state index is 0.0995. The summed E-state index contributed by atoms with van der Waals surface area (Å²) in [5.41, 5.74) is 0.00295. The number of amides is 1. The number of aromatic amines is 3. The molecule has 0 aliphatic carbocycles. The van der Waals surface area contributed by atoms with Crippen molar-refractivity contribution in [1.29, 1.82) is 0 Å². The van der Waals surface area contributed by atoms with E-state index in [1.165, 1.54) is 18.2 Å². The third-order valence-corrected chi connectivity index (χ3v) is 2.00. The summed E-state index contributed by atoms with van der Waals surface area (Å²) in [5, 5.41) is 13.2. The number of carbonyl (C=O) groups is 1. The first kappa shape index (κ1) is 10.9. The van der Waals surface area contributed by atoms with Crippen molar-refractivity contribution in [3.05, 3.63) is 50.3 Å². The average Bonchev–Trinajstić information content (AvgIpc) is 2.73. The molecule has 88 valence electrons. The number of nitrogens with one attached hydrogen (secondary N) is 4. The Morgan fingerprint density at radius 1 is 1.24 bits per heavy atom. The largest absolute Gasteiger partial charge is 0.345 e. The van der Waals surface area contributed by atoms with E-state index in [-0.39, 0.29) is 23.4 Å². The van der Waals surface area contributed by atoms with Gasteiger partial charge in [0.15, 0.2) is 0 Å². The number of aromatic nitrogens is 4. The minimum Gasteiger partial charge on any atom is -0.345 e. The van der Waals surface area contributed by atoms with E-state index in [2.05, 4.69) is 25.7 Å². The maximum absolute atomic E-state index is 11.5. The maximum atomic E-state index is 11.5. The standard InChI is InChI=1S/C9H9N5O3/c15-7-2-1-6(12-13-7)9(17)10-4-5-3-8(16)14-11-5/h1-3H,4H2,(H,10,17)(H,13,15)(H2,11,14,16). The first-order chi connectivity index (χ1) is 8.15. The van der Waals surface area contributed by atoms with Gasteiger partial charge in [0.1, 0.15) is 5.69 Å². The summed E-state index contributed by atoms with van der Waals surface area (Å²) in [5.74, 6) is -0.441. The van der Waals surface area contributed by atoms with Crippen LogP contribution in [-0.2, 0) is 6.54 Å². The third-order valence-electron chi connectivity index (χ3n) is 2.00. The van der Waals surface area contributed by atoms with Crippen molar-refractivity contribution in [2.45, 2.75) is 6.54 Å². The molecule has 0 unspecified atom stereocenters. The van der Waals surface area contributed by atoms with Gasteiger partial charge in [-0.1, -0.05) is 0 Å². The van der Waals surface area contributed by atoms with Crippen LogP contribution in [0.25, 0.3) is 0 Å². The molecule has 0 aliphatic rings. The average molecular weight is 235 g/mol. The monoisotopic (exact) mass is 235 g/mol. The van der Waals surface area contributed by atoms with Crippen LogP contribution in [0.5, 0.6) is 0 Å². The Bertz CT molecular complexity index is 618. The van der Waals surface area contributed by atoms with Crippen LogP contribution in [0, 0.1) is 0 Å². The molecular formula is C9H9N5O3. The number of rotatable bonds is 3. The van der Waals surface area contributed by atoms with Crippen molar-refractivity contribution < 1.29 is 4.79 Å². The van der Waals surface area contributed by atoms with E-state index in [4.69, 9.17) is 0 Å². The van der Waals surface area contributed by atoms with Crippen LogP contribution in [0.15, 0.2) is 27.8 Å². The van der Waals surface area contributed by atoms with Gasteiger partial charge in [0.25, 0.3) is 17.0 Å². The fourth-order valence-corrected chi connectivity index (χ4v) is 1.20. The molecule has 0 radical (unpaired) electrons. The maximum Gasteiger partial charge on any atom is 0.272 e. The molecule has 2 aromatic rings. The first-order valence-electron chi connectivity index (χ1n) is 4.75. The molecule has 0 saturated heterocycles. The predicted molar refractivity (Wildman–Crippen MR) is 57.4 cm³/mol. The van der Waals surface area contributed by atoms with Gasteiger partial charge in [-0.2, -0.15) is 5.10 Å². The second-order valence-electron chi connectivity index (χ2n) is 3.27. The van der Waals surface area contributed by atoms with Gasteiger partial charge in [0, 0.05) is 12.1 Å². The molecule has 0 saturated carbocycles. The molecule has 1 amide bonds. The summed E-state index contributed by atoms with van der Waals surface area (Å²) >= 11 is 0. The van der Waals surface area contributed by atoms with Gasteiger partial charge >= 0.3 is 0 Å². The van der Waals surface area contributed by atoms with Gasteiger partial charge < -0.3 is 10.4 Å². The van der Waals surface area contributed by atoms with Crippen molar-refractivity contribution in [1.82, 2.24) is 25.7 Å². The Balaban J connectivity index is 2.00. The molecule has 4 N–H and O–H groups in total. The van der Waals surface area contributed by atoms with Crippen LogP contribution < -0.4 is 16.4 Å². The molecule has 0 bridgehead atoms. The van der Waals surface area contributed by atoms with Crippen molar-refractivity contribution in [3.63, 3.8) is 0 Å². The number of hydrogen-bond donors (Lipinski definition) is 4. The van der Waals surface area contributed by atoms with Gasteiger partial charge in [-0.15, -0.1) is 0 Å². The van der Waals surface area contributed by atoms with Crippen LogP contribution in [0.3, 0.4) is 0 Å². The molecule has 0 aromatic carbocycles. The van der Waals surface area contributed by atoms with E-state index in [1.54, 1.807) is 0 Å². The summed E-state index contributed by atoms with van der Waals surface area (Å²) in [4.78, 5) is 33.1. The Morgan fingerprint density at radius 2 is 2.06 bits per heavy atom. The molecule has 8 heteroatoms. The van der Waals surface area contributed by atoms with Crippen LogP contribution in [0.2, 0.25) is 0 Å². The highest BCUT2D eigenvalue weighted by molar-refractivity contribution is 5.91. The van der Waals surface area contributed by atoms with Crippen LogP contribution in [0.4, 0.5) is 0 Å².